The average molecular weight is 303 g/mol. The summed E-state index contributed by atoms with van der Waals surface area (Å²) in [6.07, 6.45) is -3.56. The third-order valence-corrected chi connectivity index (χ3v) is 3.53. The van der Waals surface area contributed by atoms with Gasteiger partial charge in [0.15, 0.2) is 0 Å². The summed E-state index contributed by atoms with van der Waals surface area (Å²) in [5.41, 5.74) is 17.8. The molecule has 0 bridgehead atoms. The quantitative estimate of drug-likeness (QED) is 0.705. The predicted molar refractivity (Wildman–Crippen MR) is 76.6 cm³/mol. The lowest BCUT2D eigenvalue weighted by atomic mass is 9.94. The van der Waals surface area contributed by atoms with E-state index in [1.165, 1.54) is 19.1 Å². The van der Waals surface area contributed by atoms with Crippen molar-refractivity contribution in [3.8, 4) is 0 Å². The van der Waals surface area contributed by atoms with Crippen molar-refractivity contribution in [1.82, 2.24) is 0 Å². The first-order chi connectivity index (χ1) is 9.66. The largest absolute Gasteiger partial charge is 0.397 e. The molecule has 0 aliphatic rings. The first kappa shape index (κ1) is 17.1. The lowest BCUT2D eigenvalue weighted by Crippen LogP contribution is -2.22. The summed E-state index contributed by atoms with van der Waals surface area (Å²) >= 11 is 0. The van der Waals surface area contributed by atoms with E-state index < -0.39 is 18.0 Å². The van der Waals surface area contributed by atoms with Crippen molar-refractivity contribution in [2.75, 3.05) is 11.5 Å². The molecule has 0 aliphatic heterocycles. The molecule has 1 aromatic rings. The lowest BCUT2D eigenvalue weighted by molar-refractivity contribution is -0.177. The number of aryl methyl sites for hydroxylation is 1. The Kier molecular flexibility index (Phi) is 5.46. The van der Waals surface area contributed by atoms with Crippen LogP contribution in [0.5, 0.6) is 0 Å². The van der Waals surface area contributed by atoms with Gasteiger partial charge < -0.3 is 17.2 Å². The highest BCUT2D eigenvalue weighted by Gasteiger charge is 2.37. The van der Waals surface area contributed by atoms with Crippen LogP contribution in [0.15, 0.2) is 12.1 Å². The van der Waals surface area contributed by atoms with E-state index in [1.54, 1.807) is 0 Å². The molecule has 1 amide bonds. The topological polar surface area (TPSA) is 95.1 Å². The number of hydrogen-bond acceptors (Lipinski definition) is 3. The molecular formula is C14H20F3N3O. The monoisotopic (exact) mass is 303 g/mol. The molecule has 6 N–H and O–H groups in total. The normalized spacial score (nSPS) is 13.1. The number of benzene rings is 1. The minimum Gasteiger partial charge on any atom is -0.397 e. The van der Waals surface area contributed by atoms with Crippen molar-refractivity contribution < 1.29 is 18.0 Å². The number of nitrogens with two attached hydrogens (primary N) is 3. The van der Waals surface area contributed by atoms with Crippen LogP contribution in [0.4, 0.5) is 24.5 Å². The minimum absolute atomic E-state index is 0.00246. The third kappa shape index (κ3) is 4.54. The van der Waals surface area contributed by atoms with E-state index in [0.717, 1.165) is 0 Å². The molecule has 0 radical (unpaired) electrons. The van der Waals surface area contributed by atoms with E-state index >= 15 is 0 Å². The van der Waals surface area contributed by atoms with Crippen molar-refractivity contribution in [2.24, 2.45) is 11.7 Å². The van der Waals surface area contributed by atoms with Crippen LogP contribution in [0.1, 0.15) is 42.1 Å². The fraction of sp³-hybridized carbons (Fsp3) is 0.500. The first-order valence-corrected chi connectivity index (χ1v) is 6.71. The molecule has 1 atom stereocenters. The van der Waals surface area contributed by atoms with Gasteiger partial charge >= 0.3 is 6.18 Å². The smallest absolute Gasteiger partial charge is 0.391 e. The summed E-state index contributed by atoms with van der Waals surface area (Å²) in [7, 11) is 0. The number of nitrogen functional groups attached to an aromatic ring is 2. The van der Waals surface area contributed by atoms with E-state index in [4.69, 9.17) is 17.2 Å². The van der Waals surface area contributed by atoms with E-state index in [1.807, 2.05) is 0 Å². The predicted octanol–water partition coefficient (Wildman–Crippen LogP) is 2.86. The van der Waals surface area contributed by atoms with Crippen molar-refractivity contribution in [3.63, 3.8) is 0 Å². The van der Waals surface area contributed by atoms with Gasteiger partial charge in [0.25, 0.3) is 0 Å². The molecule has 0 aliphatic carbocycles. The highest BCUT2D eigenvalue weighted by molar-refractivity contribution is 5.96. The molecule has 4 nitrogen and oxygen atoms in total. The van der Waals surface area contributed by atoms with Gasteiger partial charge in [-0.1, -0.05) is 6.92 Å². The molecule has 0 saturated heterocycles. The van der Waals surface area contributed by atoms with Crippen LogP contribution in [0.25, 0.3) is 0 Å². The van der Waals surface area contributed by atoms with E-state index in [0.29, 0.717) is 18.4 Å². The van der Waals surface area contributed by atoms with E-state index in [-0.39, 0.29) is 29.8 Å². The zero-order valence-electron chi connectivity index (χ0n) is 11.8. The second-order valence-corrected chi connectivity index (χ2v) is 5.04. The second-order valence-electron chi connectivity index (χ2n) is 5.04. The Balaban J connectivity index is 2.80. The van der Waals surface area contributed by atoms with Crippen molar-refractivity contribution >= 4 is 17.3 Å². The standard InChI is InChI=1S/C14H20F3N3O/c1-2-9(14(15,16)17)5-3-4-8-6-11(18)12(19)7-10(8)13(20)21/h6-7,9H,2-5,18-19H2,1H3,(H2,20,21). The zero-order valence-corrected chi connectivity index (χ0v) is 11.8. The molecular weight excluding hydrogens is 283 g/mol. The summed E-state index contributed by atoms with van der Waals surface area (Å²) in [6.45, 7) is 1.51. The van der Waals surface area contributed by atoms with Crippen LogP contribution >= 0.6 is 0 Å². The number of primary amides is 1. The van der Waals surface area contributed by atoms with Crippen LogP contribution in [-0.4, -0.2) is 12.1 Å². The second kappa shape index (κ2) is 6.69. The molecule has 21 heavy (non-hydrogen) atoms. The SMILES string of the molecule is CCC(CCCc1cc(N)c(N)cc1C(N)=O)C(F)(F)F. The highest BCUT2D eigenvalue weighted by atomic mass is 19.4. The van der Waals surface area contributed by atoms with Gasteiger partial charge in [0.1, 0.15) is 0 Å². The highest BCUT2D eigenvalue weighted by Crippen LogP contribution is 2.33. The summed E-state index contributed by atoms with van der Waals surface area (Å²) in [5.74, 6) is -2.00. The number of carbonyl (C=O) groups is 1. The molecule has 0 aromatic heterocycles. The van der Waals surface area contributed by atoms with E-state index in [2.05, 4.69) is 0 Å². The summed E-state index contributed by atoms with van der Waals surface area (Å²) in [4.78, 5) is 11.3. The van der Waals surface area contributed by atoms with Crippen molar-refractivity contribution in [1.29, 1.82) is 0 Å². The number of halogens is 3. The molecule has 1 aromatic carbocycles. The Morgan fingerprint density at radius 2 is 1.81 bits per heavy atom. The number of hydrogen-bond donors (Lipinski definition) is 3. The van der Waals surface area contributed by atoms with Crippen molar-refractivity contribution in [3.05, 3.63) is 23.3 Å². The Hall–Kier alpha value is -1.92. The maximum absolute atomic E-state index is 12.7. The molecule has 118 valence electrons. The summed E-state index contributed by atoms with van der Waals surface area (Å²) in [5, 5.41) is 0. The fourth-order valence-electron chi connectivity index (χ4n) is 2.25. The van der Waals surface area contributed by atoms with Gasteiger partial charge in [-0.25, -0.2) is 0 Å². The van der Waals surface area contributed by atoms with Crippen LogP contribution in [0.2, 0.25) is 0 Å². The van der Waals surface area contributed by atoms with Gasteiger partial charge in [0.05, 0.1) is 17.3 Å². The number of carbonyl (C=O) groups excluding carboxylic acids is 1. The third-order valence-electron chi connectivity index (χ3n) is 3.53. The van der Waals surface area contributed by atoms with Gasteiger partial charge in [0.2, 0.25) is 5.91 Å². The maximum atomic E-state index is 12.7. The Labute approximate surface area is 121 Å². The Morgan fingerprint density at radius 1 is 1.24 bits per heavy atom. The van der Waals surface area contributed by atoms with Crippen LogP contribution in [0.3, 0.4) is 0 Å². The minimum atomic E-state index is -4.19. The van der Waals surface area contributed by atoms with Gasteiger partial charge in [-0.15, -0.1) is 0 Å². The average Bonchev–Trinajstić information content (AvgIpc) is 2.36. The molecule has 0 heterocycles. The van der Waals surface area contributed by atoms with Crippen molar-refractivity contribution in [2.45, 2.75) is 38.8 Å². The van der Waals surface area contributed by atoms with Gasteiger partial charge in [-0.3, -0.25) is 4.79 Å². The molecule has 1 unspecified atom stereocenters. The molecule has 0 fully saturated rings. The molecule has 1 rings (SSSR count). The molecule has 0 saturated carbocycles. The number of amides is 1. The summed E-state index contributed by atoms with van der Waals surface area (Å²) < 4.78 is 38.0. The van der Waals surface area contributed by atoms with Crippen LogP contribution < -0.4 is 17.2 Å². The van der Waals surface area contributed by atoms with Crippen LogP contribution in [0, 0.1) is 5.92 Å². The maximum Gasteiger partial charge on any atom is 0.391 e. The summed E-state index contributed by atoms with van der Waals surface area (Å²) in [6, 6.07) is 2.87. The zero-order chi connectivity index (χ0) is 16.2. The Bertz CT molecular complexity index is 515. The number of anilines is 2. The lowest BCUT2D eigenvalue weighted by Gasteiger charge is -2.18. The number of alkyl halides is 3. The first-order valence-electron chi connectivity index (χ1n) is 6.71. The van der Waals surface area contributed by atoms with E-state index in [9.17, 15) is 18.0 Å². The molecule has 0 spiro atoms. The van der Waals surface area contributed by atoms with Gasteiger partial charge in [-0.2, -0.15) is 13.2 Å². The molecule has 7 heteroatoms. The Morgan fingerprint density at radius 3 is 2.29 bits per heavy atom. The van der Waals surface area contributed by atoms with Crippen LogP contribution in [-0.2, 0) is 6.42 Å². The van der Waals surface area contributed by atoms with Gasteiger partial charge in [0, 0.05) is 5.56 Å². The number of rotatable bonds is 6. The van der Waals surface area contributed by atoms with Gasteiger partial charge in [-0.05, 0) is 43.4 Å². The fourth-order valence-corrected chi connectivity index (χ4v) is 2.25.